The van der Waals surface area contributed by atoms with E-state index in [4.69, 9.17) is 0 Å². The van der Waals surface area contributed by atoms with Gasteiger partial charge >= 0.3 is 0 Å². The minimum absolute atomic E-state index is 0.300. The number of benzene rings is 2. The molecule has 0 saturated heterocycles. The second-order valence-electron chi connectivity index (χ2n) is 5.52. The number of nitriles is 1. The monoisotopic (exact) mass is 282 g/mol. The number of halogens is 1. The molecule has 0 amide bonds. The first-order valence-electron chi connectivity index (χ1n) is 6.92. The molecule has 0 heterocycles. The summed E-state index contributed by atoms with van der Waals surface area (Å²) < 4.78 is 13.5. The Bertz CT molecular complexity index is 694. The fraction of sp³-hybridized carbons (Fsp3) is 0.278. The summed E-state index contributed by atoms with van der Waals surface area (Å²) in [4.78, 5) is 0. The molecule has 108 valence electrons. The number of hydrogen-bond donors (Lipinski definition) is 1. The predicted octanol–water partition coefficient (Wildman–Crippen LogP) is 4.74. The van der Waals surface area contributed by atoms with Crippen molar-refractivity contribution in [2.24, 2.45) is 0 Å². The zero-order chi connectivity index (χ0) is 15.6. The van der Waals surface area contributed by atoms with Gasteiger partial charge in [-0.15, -0.1) is 0 Å². The van der Waals surface area contributed by atoms with Crippen LogP contribution in [0, 0.1) is 44.8 Å². The lowest BCUT2D eigenvalue weighted by atomic mass is 9.96. The quantitative estimate of drug-likeness (QED) is 0.883. The van der Waals surface area contributed by atoms with Crippen molar-refractivity contribution in [3.63, 3.8) is 0 Å². The summed E-state index contributed by atoms with van der Waals surface area (Å²) in [5.41, 5.74) is 5.79. The molecular formula is C18H19FN2. The molecule has 2 nitrogen and oxygen atoms in total. The summed E-state index contributed by atoms with van der Waals surface area (Å²) in [6.45, 7) is 7.90. The van der Waals surface area contributed by atoms with Gasteiger partial charge in [-0.05, 0) is 73.7 Å². The molecule has 1 atom stereocenters. The molecule has 0 radical (unpaired) electrons. The van der Waals surface area contributed by atoms with Crippen molar-refractivity contribution in [1.82, 2.24) is 0 Å². The van der Waals surface area contributed by atoms with Crippen LogP contribution in [0.1, 0.15) is 33.9 Å². The summed E-state index contributed by atoms with van der Waals surface area (Å²) in [6, 6.07) is 10.6. The summed E-state index contributed by atoms with van der Waals surface area (Å²) in [7, 11) is 0. The molecule has 0 aliphatic heterocycles. The third kappa shape index (κ3) is 3.41. The van der Waals surface area contributed by atoms with Gasteiger partial charge in [0.2, 0.25) is 0 Å². The summed E-state index contributed by atoms with van der Waals surface area (Å²) >= 11 is 0. The van der Waals surface area contributed by atoms with Gasteiger partial charge in [0.05, 0.1) is 6.07 Å². The molecule has 1 unspecified atom stereocenters. The van der Waals surface area contributed by atoms with E-state index < -0.39 is 6.04 Å². The third-order valence-electron chi connectivity index (χ3n) is 3.68. The lowest BCUT2D eigenvalue weighted by molar-refractivity contribution is 0.627. The highest BCUT2D eigenvalue weighted by Crippen LogP contribution is 2.25. The van der Waals surface area contributed by atoms with Gasteiger partial charge in [-0.1, -0.05) is 12.1 Å². The predicted molar refractivity (Wildman–Crippen MR) is 83.8 cm³/mol. The van der Waals surface area contributed by atoms with Gasteiger partial charge in [0.25, 0.3) is 0 Å². The Hall–Kier alpha value is -2.34. The second-order valence-corrected chi connectivity index (χ2v) is 5.52. The van der Waals surface area contributed by atoms with Crippen LogP contribution < -0.4 is 5.32 Å². The number of nitrogens with one attached hydrogen (secondary N) is 1. The molecule has 2 aromatic rings. The highest BCUT2D eigenvalue weighted by atomic mass is 19.1. The van der Waals surface area contributed by atoms with E-state index in [9.17, 15) is 9.65 Å². The van der Waals surface area contributed by atoms with Crippen molar-refractivity contribution in [3.05, 3.63) is 64.0 Å². The first kappa shape index (κ1) is 15.1. The maximum atomic E-state index is 13.5. The van der Waals surface area contributed by atoms with Gasteiger partial charge in [0.15, 0.2) is 0 Å². The van der Waals surface area contributed by atoms with Gasteiger partial charge in [0, 0.05) is 5.69 Å². The van der Waals surface area contributed by atoms with Gasteiger partial charge < -0.3 is 5.32 Å². The van der Waals surface area contributed by atoms with Crippen LogP contribution in [0.3, 0.4) is 0 Å². The van der Waals surface area contributed by atoms with E-state index in [1.165, 1.54) is 17.7 Å². The van der Waals surface area contributed by atoms with Crippen LogP contribution in [0.5, 0.6) is 0 Å². The average Bonchev–Trinajstić information content (AvgIpc) is 2.39. The largest absolute Gasteiger partial charge is 0.366 e. The third-order valence-corrected chi connectivity index (χ3v) is 3.68. The Morgan fingerprint density at radius 3 is 2.24 bits per heavy atom. The Labute approximate surface area is 125 Å². The standard InChI is InChI=1S/C18H19FN2/c1-11-5-15(19)9-16(6-11)21-18(10-20)17-8-13(3)12(2)7-14(17)4/h5-9,18,21H,1-4H3. The van der Waals surface area contributed by atoms with Crippen LogP contribution in [0.2, 0.25) is 0 Å². The molecular weight excluding hydrogens is 263 g/mol. The Morgan fingerprint density at radius 2 is 1.62 bits per heavy atom. The summed E-state index contributed by atoms with van der Waals surface area (Å²) in [6.07, 6.45) is 0. The molecule has 0 fully saturated rings. The van der Waals surface area contributed by atoms with E-state index in [1.54, 1.807) is 0 Å². The minimum Gasteiger partial charge on any atom is -0.366 e. The van der Waals surface area contributed by atoms with E-state index in [-0.39, 0.29) is 5.82 Å². The number of nitrogens with zero attached hydrogens (tertiary/aromatic N) is 1. The maximum Gasteiger partial charge on any atom is 0.140 e. The fourth-order valence-electron chi connectivity index (χ4n) is 2.46. The van der Waals surface area contributed by atoms with Crippen molar-refractivity contribution in [3.8, 4) is 6.07 Å². The zero-order valence-electron chi connectivity index (χ0n) is 12.8. The summed E-state index contributed by atoms with van der Waals surface area (Å²) in [5.74, 6) is -0.300. The van der Waals surface area contributed by atoms with E-state index in [2.05, 4.69) is 24.4 Å². The second kappa shape index (κ2) is 5.97. The Balaban J connectivity index is 2.37. The smallest absolute Gasteiger partial charge is 0.140 e. The molecule has 0 saturated carbocycles. The molecule has 2 rings (SSSR count). The van der Waals surface area contributed by atoms with Crippen molar-refractivity contribution >= 4 is 5.69 Å². The summed E-state index contributed by atoms with van der Waals surface area (Å²) in [5, 5.41) is 12.6. The van der Waals surface area contributed by atoms with Crippen LogP contribution in [-0.4, -0.2) is 0 Å². The molecule has 2 aromatic carbocycles. The van der Waals surface area contributed by atoms with E-state index in [1.807, 2.05) is 32.9 Å². The number of aryl methyl sites for hydroxylation is 4. The van der Waals surface area contributed by atoms with Gasteiger partial charge in [0.1, 0.15) is 11.9 Å². The first-order valence-corrected chi connectivity index (χ1v) is 6.92. The zero-order valence-corrected chi connectivity index (χ0v) is 12.8. The van der Waals surface area contributed by atoms with Crippen LogP contribution >= 0.6 is 0 Å². The van der Waals surface area contributed by atoms with Crippen LogP contribution in [0.25, 0.3) is 0 Å². The highest BCUT2D eigenvalue weighted by Gasteiger charge is 2.14. The molecule has 0 spiro atoms. The average molecular weight is 282 g/mol. The molecule has 0 aromatic heterocycles. The van der Waals surface area contributed by atoms with Crippen molar-refractivity contribution in [2.45, 2.75) is 33.7 Å². The molecule has 0 aliphatic rings. The molecule has 21 heavy (non-hydrogen) atoms. The van der Waals surface area contributed by atoms with Crippen LogP contribution in [0.4, 0.5) is 10.1 Å². The lowest BCUT2D eigenvalue weighted by Gasteiger charge is -2.17. The SMILES string of the molecule is Cc1cc(F)cc(NC(C#N)c2cc(C)c(C)cc2C)c1. The topological polar surface area (TPSA) is 35.8 Å². The molecule has 1 N–H and O–H groups in total. The van der Waals surface area contributed by atoms with Gasteiger partial charge in [-0.25, -0.2) is 4.39 Å². The van der Waals surface area contributed by atoms with E-state index in [0.29, 0.717) is 5.69 Å². The van der Waals surface area contributed by atoms with Gasteiger partial charge in [-0.3, -0.25) is 0 Å². The lowest BCUT2D eigenvalue weighted by Crippen LogP contribution is -2.11. The minimum atomic E-state index is -0.495. The van der Waals surface area contributed by atoms with Crippen LogP contribution in [-0.2, 0) is 0 Å². The highest BCUT2D eigenvalue weighted by molar-refractivity contribution is 5.51. The van der Waals surface area contributed by atoms with E-state index in [0.717, 1.165) is 22.3 Å². The molecule has 3 heteroatoms. The van der Waals surface area contributed by atoms with Crippen molar-refractivity contribution < 1.29 is 4.39 Å². The van der Waals surface area contributed by atoms with Crippen molar-refractivity contribution in [2.75, 3.05) is 5.32 Å². The van der Waals surface area contributed by atoms with Gasteiger partial charge in [-0.2, -0.15) is 5.26 Å². The number of anilines is 1. The maximum absolute atomic E-state index is 13.5. The Morgan fingerprint density at radius 1 is 0.952 bits per heavy atom. The Kier molecular flexibility index (Phi) is 4.28. The molecule has 0 aliphatic carbocycles. The number of rotatable bonds is 3. The van der Waals surface area contributed by atoms with Crippen LogP contribution in [0.15, 0.2) is 30.3 Å². The normalized spacial score (nSPS) is 11.8. The number of hydrogen-bond acceptors (Lipinski definition) is 2. The van der Waals surface area contributed by atoms with E-state index >= 15 is 0 Å². The first-order chi connectivity index (χ1) is 9.90. The fourth-order valence-corrected chi connectivity index (χ4v) is 2.46. The van der Waals surface area contributed by atoms with Crippen molar-refractivity contribution in [1.29, 1.82) is 5.26 Å². The molecule has 0 bridgehead atoms.